The predicted molar refractivity (Wildman–Crippen MR) is 46.5 cm³/mol. The average molecular weight is 179 g/mol. The summed E-state index contributed by atoms with van der Waals surface area (Å²) < 4.78 is 4.56. The molecule has 1 rings (SSSR count). The molecule has 1 aromatic carbocycles. The summed E-state index contributed by atoms with van der Waals surface area (Å²) in [5.74, 6) is 0.250. The van der Waals surface area contributed by atoms with Crippen LogP contribution in [0.5, 0.6) is 5.75 Å². The third-order valence-electron chi connectivity index (χ3n) is 1.53. The van der Waals surface area contributed by atoms with Crippen LogP contribution in [0.25, 0.3) is 0 Å². The molecule has 0 atom stereocenters. The highest BCUT2D eigenvalue weighted by Crippen LogP contribution is 2.10. The van der Waals surface area contributed by atoms with E-state index in [9.17, 15) is 9.59 Å². The maximum Gasteiger partial charge on any atom is 0.298 e. The number of ether oxygens (including phenoxy) is 1. The van der Waals surface area contributed by atoms with Gasteiger partial charge in [-0.3, -0.25) is 9.59 Å². The quantitative estimate of drug-likeness (QED) is 0.690. The van der Waals surface area contributed by atoms with Crippen molar-refractivity contribution in [1.29, 1.82) is 0 Å². The first-order valence-electron chi connectivity index (χ1n) is 3.70. The van der Waals surface area contributed by atoms with E-state index in [0.717, 1.165) is 0 Å². The Hall–Kier alpha value is -1.84. The van der Waals surface area contributed by atoms with E-state index in [1.807, 2.05) is 0 Å². The van der Waals surface area contributed by atoms with Gasteiger partial charge in [-0.25, -0.2) is 0 Å². The molecule has 0 fully saturated rings. The fourth-order valence-corrected chi connectivity index (χ4v) is 0.885. The predicted octanol–water partition coefficient (Wildman–Crippen LogP) is 0.581. The van der Waals surface area contributed by atoms with Gasteiger partial charge in [-0.15, -0.1) is 0 Å². The Morgan fingerprint density at radius 1 is 1.38 bits per heavy atom. The maximum absolute atomic E-state index is 11.1. The number of nitrogens with one attached hydrogen (secondary N) is 1. The van der Waals surface area contributed by atoms with Crippen molar-refractivity contribution in [1.82, 2.24) is 5.32 Å². The number of carbonyl (C=O) groups is 2. The Labute approximate surface area is 75.5 Å². The van der Waals surface area contributed by atoms with Gasteiger partial charge in [0.25, 0.3) is 12.4 Å². The summed E-state index contributed by atoms with van der Waals surface area (Å²) in [6.07, 6.45) is 0. The van der Waals surface area contributed by atoms with Gasteiger partial charge >= 0.3 is 0 Å². The molecule has 0 aliphatic rings. The van der Waals surface area contributed by atoms with Crippen LogP contribution in [0.1, 0.15) is 10.4 Å². The second-order valence-electron chi connectivity index (χ2n) is 2.32. The van der Waals surface area contributed by atoms with Crippen LogP contribution in [0.2, 0.25) is 0 Å². The standard InChI is InChI=1S/C9H9NO3/c1-10-9(12)7-2-4-8(5-3-7)13-6-11/h2-6H,1H3,(H,10,12). The van der Waals surface area contributed by atoms with Gasteiger partial charge in [0.05, 0.1) is 0 Å². The molecule has 0 bridgehead atoms. The van der Waals surface area contributed by atoms with Gasteiger partial charge in [0, 0.05) is 12.6 Å². The van der Waals surface area contributed by atoms with Crippen LogP contribution in [0, 0.1) is 0 Å². The molecule has 0 radical (unpaired) electrons. The van der Waals surface area contributed by atoms with Gasteiger partial charge in [0.15, 0.2) is 0 Å². The third-order valence-corrected chi connectivity index (χ3v) is 1.53. The van der Waals surface area contributed by atoms with Gasteiger partial charge in [-0.1, -0.05) is 0 Å². The first-order valence-corrected chi connectivity index (χ1v) is 3.70. The van der Waals surface area contributed by atoms with Crippen LogP contribution in [0.4, 0.5) is 0 Å². The van der Waals surface area contributed by atoms with E-state index in [1.54, 1.807) is 31.3 Å². The molecule has 1 N–H and O–H groups in total. The molecule has 0 aromatic heterocycles. The summed E-state index contributed by atoms with van der Waals surface area (Å²) >= 11 is 0. The third kappa shape index (κ3) is 2.30. The number of hydrogen-bond donors (Lipinski definition) is 1. The molecule has 0 spiro atoms. The molecule has 13 heavy (non-hydrogen) atoms. The first-order chi connectivity index (χ1) is 6.27. The number of rotatable bonds is 3. The van der Waals surface area contributed by atoms with Crippen LogP contribution >= 0.6 is 0 Å². The first kappa shape index (κ1) is 9.25. The molecule has 68 valence electrons. The van der Waals surface area contributed by atoms with Gasteiger partial charge in [-0.05, 0) is 24.3 Å². The van der Waals surface area contributed by atoms with Crippen LogP contribution in [0.3, 0.4) is 0 Å². The highest BCUT2D eigenvalue weighted by atomic mass is 16.5. The summed E-state index contributed by atoms with van der Waals surface area (Å²) in [6.45, 7) is 0.342. The van der Waals surface area contributed by atoms with Gasteiger partial charge < -0.3 is 10.1 Å². The zero-order valence-electron chi connectivity index (χ0n) is 7.11. The summed E-state index contributed by atoms with van der Waals surface area (Å²) in [4.78, 5) is 21.0. The zero-order valence-corrected chi connectivity index (χ0v) is 7.11. The Morgan fingerprint density at radius 3 is 2.46 bits per heavy atom. The van der Waals surface area contributed by atoms with E-state index in [0.29, 0.717) is 17.8 Å². The molecule has 0 aliphatic carbocycles. The minimum atomic E-state index is -0.169. The lowest BCUT2D eigenvalue weighted by Gasteiger charge is -2.00. The number of benzene rings is 1. The van der Waals surface area contributed by atoms with Crippen molar-refractivity contribution in [2.45, 2.75) is 0 Å². The number of amides is 1. The molecular formula is C9H9NO3. The summed E-state index contributed by atoms with van der Waals surface area (Å²) in [5, 5.41) is 2.48. The molecule has 4 heteroatoms. The van der Waals surface area contributed by atoms with Crippen LogP contribution < -0.4 is 10.1 Å². The smallest absolute Gasteiger partial charge is 0.298 e. The van der Waals surface area contributed by atoms with E-state index in [4.69, 9.17) is 0 Å². The fourth-order valence-electron chi connectivity index (χ4n) is 0.885. The van der Waals surface area contributed by atoms with Crippen molar-refractivity contribution < 1.29 is 14.3 Å². The molecule has 0 aliphatic heterocycles. The molecule has 4 nitrogen and oxygen atoms in total. The SMILES string of the molecule is CNC(=O)c1ccc(OC=O)cc1. The van der Waals surface area contributed by atoms with E-state index >= 15 is 0 Å². The minimum Gasteiger partial charge on any atom is -0.429 e. The van der Waals surface area contributed by atoms with Gasteiger partial charge in [0.1, 0.15) is 5.75 Å². The van der Waals surface area contributed by atoms with Crippen molar-refractivity contribution in [2.75, 3.05) is 7.05 Å². The number of carbonyl (C=O) groups excluding carboxylic acids is 2. The van der Waals surface area contributed by atoms with E-state index in [1.165, 1.54) is 0 Å². The van der Waals surface area contributed by atoms with Crippen LogP contribution in [0.15, 0.2) is 24.3 Å². The molecule has 0 saturated carbocycles. The second-order valence-corrected chi connectivity index (χ2v) is 2.32. The van der Waals surface area contributed by atoms with Crippen molar-refractivity contribution in [3.05, 3.63) is 29.8 Å². The van der Waals surface area contributed by atoms with E-state index in [-0.39, 0.29) is 5.91 Å². The molecule has 0 unspecified atom stereocenters. The van der Waals surface area contributed by atoms with Crippen molar-refractivity contribution >= 4 is 12.4 Å². The van der Waals surface area contributed by atoms with Gasteiger partial charge in [0.2, 0.25) is 0 Å². The van der Waals surface area contributed by atoms with Gasteiger partial charge in [-0.2, -0.15) is 0 Å². The lowest BCUT2D eigenvalue weighted by molar-refractivity contribution is -0.120. The zero-order chi connectivity index (χ0) is 9.68. The average Bonchev–Trinajstić information content (AvgIpc) is 2.18. The molecule has 0 saturated heterocycles. The van der Waals surface area contributed by atoms with Crippen molar-refractivity contribution in [3.63, 3.8) is 0 Å². The van der Waals surface area contributed by atoms with E-state index < -0.39 is 0 Å². The lowest BCUT2D eigenvalue weighted by atomic mass is 10.2. The van der Waals surface area contributed by atoms with Crippen molar-refractivity contribution in [3.8, 4) is 5.75 Å². The highest BCUT2D eigenvalue weighted by molar-refractivity contribution is 5.94. The minimum absolute atomic E-state index is 0.169. The molecule has 1 amide bonds. The summed E-state index contributed by atoms with van der Waals surface area (Å²) in [5.41, 5.74) is 0.528. The van der Waals surface area contributed by atoms with E-state index in [2.05, 4.69) is 10.1 Å². The second kappa shape index (κ2) is 4.25. The summed E-state index contributed by atoms with van der Waals surface area (Å²) in [7, 11) is 1.55. The summed E-state index contributed by atoms with van der Waals surface area (Å²) in [6, 6.07) is 6.27. The largest absolute Gasteiger partial charge is 0.429 e. The number of hydrogen-bond acceptors (Lipinski definition) is 3. The Bertz CT molecular complexity index is 305. The Kier molecular flexibility index (Phi) is 3.03. The fraction of sp³-hybridized carbons (Fsp3) is 0.111. The maximum atomic E-state index is 11.1. The molecule has 1 aromatic rings. The topological polar surface area (TPSA) is 55.4 Å². The Morgan fingerprint density at radius 2 is 2.00 bits per heavy atom. The van der Waals surface area contributed by atoms with Crippen LogP contribution in [-0.4, -0.2) is 19.4 Å². The van der Waals surface area contributed by atoms with Crippen LogP contribution in [-0.2, 0) is 4.79 Å². The Balaban J connectivity index is 2.80. The molecule has 0 heterocycles. The molecular weight excluding hydrogens is 170 g/mol. The van der Waals surface area contributed by atoms with Crippen molar-refractivity contribution in [2.24, 2.45) is 0 Å². The lowest BCUT2D eigenvalue weighted by Crippen LogP contribution is -2.17. The highest BCUT2D eigenvalue weighted by Gasteiger charge is 2.01. The normalized spacial score (nSPS) is 9.00. The monoisotopic (exact) mass is 179 g/mol.